The number of amides is 1. The summed E-state index contributed by atoms with van der Waals surface area (Å²) in [5.74, 6) is -1.73. The van der Waals surface area contributed by atoms with E-state index in [1.807, 2.05) is 31.2 Å². The molecule has 10 nitrogen and oxygen atoms in total. The summed E-state index contributed by atoms with van der Waals surface area (Å²) in [5.41, 5.74) is 9.28. The Morgan fingerprint density at radius 2 is 2.03 bits per heavy atom. The van der Waals surface area contributed by atoms with Crippen molar-refractivity contribution in [3.63, 3.8) is 0 Å². The van der Waals surface area contributed by atoms with E-state index in [0.717, 1.165) is 34.9 Å². The second kappa shape index (κ2) is 9.56. The van der Waals surface area contributed by atoms with Gasteiger partial charge in [0.25, 0.3) is 5.91 Å². The molecule has 33 heavy (non-hydrogen) atoms. The number of nitrogen functional groups attached to an aromatic ring is 1. The summed E-state index contributed by atoms with van der Waals surface area (Å²) in [6.45, 7) is 1.98. The predicted octanol–water partition coefficient (Wildman–Crippen LogP) is 2.88. The van der Waals surface area contributed by atoms with Crippen LogP contribution < -0.4 is 11.2 Å². The Kier molecular flexibility index (Phi) is 6.40. The van der Waals surface area contributed by atoms with Gasteiger partial charge in [0.2, 0.25) is 11.6 Å². The normalized spacial score (nSPS) is 11.2. The van der Waals surface area contributed by atoms with Crippen molar-refractivity contribution < 1.29 is 18.2 Å². The van der Waals surface area contributed by atoms with Crippen LogP contribution in [0.1, 0.15) is 27.3 Å². The lowest BCUT2D eigenvalue weighted by atomic mass is 10.2. The maximum absolute atomic E-state index is 13.7. The third-order valence-electron chi connectivity index (χ3n) is 4.40. The number of carbonyl (C=O) groups is 1. The first-order valence-electron chi connectivity index (χ1n) is 9.43. The van der Waals surface area contributed by atoms with Crippen LogP contribution >= 0.6 is 11.8 Å². The highest BCUT2D eigenvalue weighted by Crippen LogP contribution is 2.26. The van der Waals surface area contributed by atoms with Crippen LogP contribution in [0.2, 0.25) is 0 Å². The molecule has 3 N–H and O–H groups in total. The monoisotopic (exact) mass is 470 g/mol. The van der Waals surface area contributed by atoms with Crippen LogP contribution in [0.25, 0.3) is 5.82 Å². The lowest BCUT2D eigenvalue weighted by molar-refractivity contribution is 0.0949. The second-order valence-electron chi connectivity index (χ2n) is 6.74. The topological polar surface area (TPSA) is 137 Å². The zero-order valence-corrected chi connectivity index (χ0v) is 17.9. The molecule has 0 atom stereocenters. The highest BCUT2D eigenvalue weighted by Gasteiger charge is 2.24. The molecule has 0 aliphatic rings. The Morgan fingerprint density at radius 1 is 1.24 bits per heavy atom. The zero-order valence-electron chi connectivity index (χ0n) is 17.1. The quantitative estimate of drug-likeness (QED) is 0.239. The number of anilines is 1. The number of rotatable bonds is 7. The summed E-state index contributed by atoms with van der Waals surface area (Å²) in [4.78, 5) is 13.7. The van der Waals surface area contributed by atoms with Gasteiger partial charge in [-0.2, -0.15) is 9.78 Å². The summed E-state index contributed by atoms with van der Waals surface area (Å²) in [7, 11) is 0. The van der Waals surface area contributed by atoms with Gasteiger partial charge in [-0.15, -0.1) is 16.9 Å². The number of carbonyl (C=O) groups excluding carboxylic acids is 1. The number of hydrazone groups is 1. The van der Waals surface area contributed by atoms with Crippen molar-refractivity contribution >= 4 is 29.7 Å². The second-order valence-corrected chi connectivity index (χ2v) is 7.79. The number of benzene rings is 2. The fraction of sp³-hybridized carbons (Fsp3) is 0.100. The lowest BCUT2D eigenvalue weighted by Gasteiger charge is -2.06. The van der Waals surface area contributed by atoms with E-state index in [2.05, 4.69) is 35.8 Å². The van der Waals surface area contributed by atoms with Crippen molar-refractivity contribution in [2.75, 3.05) is 5.73 Å². The average Bonchev–Trinajstić information content (AvgIpc) is 3.41. The van der Waals surface area contributed by atoms with Crippen LogP contribution in [-0.4, -0.2) is 37.4 Å². The molecule has 2 aromatic carbocycles. The van der Waals surface area contributed by atoms with Crippen LogP contribution in [0.5, 0.6) is 0 Å². The van der Waals surface area contributed by atoms with Gasteiger partial charge in [0.05, 0.1) is 11.9 Å². The van der Waals surface area contributed by atoms with E-state index < -0.39 is 17.5 Å². The number of halogens is 2. The molecule has 0 saturated heterocycles. The molecule has 0 spiro atoms. The standard InChI is InChI=1S/C20H16F2N8O2S/c1-11-2-5-14(6-3-11)33-10-16-17(25-29-30(16)19-18(23)27-32-28-19)20(31)26-24-9-12-8-13(21)4-7-15(12)22/h2-9H,10H2,1H3,(H2,23,27)(H,26,31)/b24-9+. The molecule has 2 aromatic heterocycles. The van der Waals surface area contributed by atoms with Gasteiger partial charge in [0.1, 0.15) is 11.6 Å². The number of aryl methyl sites for hydroxylation is 1. The van der Waals surface area contributed by atoms with Gasteiger partial charge in [-0.05, 0) is 47.6 Å². The van der Waals surface area contributed by atoms with Crippen LogP contribution in [0.4, 0.5) is 14.6 Å². The first-order valence-corrected chi connectivity index (χ1v) is 10.4. The van der Waals surface area contributed by atoms with Crippen LogP contribution in [-0.2, 0) is 5.75 Å². The number of aromatic nitrogens is 5. The van der Waals surface area contributed by atoms with Crippen LogP contribution in [0, 0.1) is 18.6 Å². The Hall–Kier alpha value is -4.13. The molecular formula is C20H16F2N8O2S. The van der Waals surface area contributed by atoms with E-state index in [-0.39, 0.29) is 28.6 Å². The third kappa shape index (κ3) is 5.03. The van der Waals surface area contributed by atoms with Crippen LogP contribution in [0.15, 0.2) is 57.1 Å². The SMILES string of the molecule is Cc1ccc(SCc2c(C(=O)N/N=C/c3cc(F)ccc3F)nnn2-c2nonc2N)cc1. The van der Waals surface area contributed by atoms with Gasteiger partial charge >= 0.3 is 0 Å². The molecule has 168 valence electrons. The van der Waals surface area contributed by atoms with E-state index >= 15 is 0 Å². The molecule has 0 aliphatic heterocycles. The molecule has 0 fully saturated rings. The average molecular weight is 470 g/mol. The molecule has 0 radical (unpaired) electrons. The Morgan fingerprint density at radius 3 is 2.76 bits per heavy atom. The molecule has 0 saturated carbocycles. The van der Waals surface area contributed by atoms with Gasteiger partial charge in [0, 0.05) is 16.2 Å². The minimum atomic E-state index is -0.719. The Labute approximate surface area is 189 Å². The molecule has 4 rings (SSSR count). The van der Waals surface area contributed by atoms with E-state index in [0.29, 0.717) is 5.69 Å². The number of thioether (sulfide) groups is 1. The predicted molar refractivity (Wildman–Crippen MR) is 116 cm³/mol. The zero-order chi connectivity index (χ0) is 23.4. The van der Waals surface area contributed by atoms with Crippen molar-refractivity contribution in [1.29, 1.82) is 0 Å². The van der Waals surface area contributed by atoms with E-state index in [4.69, 9.17) is 5.73 Å². The van der Waals surface area contributed by atoms with E-state index in [1.54, 1.807) is 0 Å². The minimum absolute atomic E-state index is 0.0342. The molecule has 2 heterocycles. The van der Waals surface area contributed by atoms with Crippen molar-refractivity contribution in [2.45, 2.75) is 17.6 Å². The summed E-state index contributed by atoms with van der Waals surface area (Å²) in [6, 6.07) is 10.7. The largest absolute Gasteiger partial charge is 0.378 e. The maximum Gasteiger partial charge on any atom is 0.293 e. The summed E-state index contributed by atoms with van der Waals surface area (Å²) >= 11 is 1.43. The fourth-order valence-corrected chi connectivity index (χ4v) is 3.62. The fourth-order valence-electron chi connectivity index (χ4n) is 2.73. The van der Waals surface area contributed by atoms with Crippen molar-refractivity contribution in [3.05, 3.63) is 76.6 Å². The Balaban J connectivity index is 1.58. The summed E-state index contributed by atoms with van der Waals surface area (Å²) < 4.78 is 32.9. The summed E-state index contributed by atoms with van der Waals surface area (Å²) in [5, 5.41) is 18.8. The Bertz CT molecular complexity index is 1320. The van der Waals surface area contributed by atoms with Gasteiger partial charge in [0.15, 0.2) is 5.69 Å². The van der Waals surface area contributed by atoms with E-state index in [9.17, 15) is 13.6 Å². The van der Waals surface area contributed by atoms with E-state index in [1.165, 1.54) is 16.4 Å². The number of nitrogens with zero attached hydrogens (tertiary/aromatic N) is 6. The molecule has 4 aromatic rings. The van der Waals surface area contributed by atoms with Crippen LogP contribution in [0.3, 0.4) is 0 Å². The minimum Gasteiger partial charge on any atom is -0.378 e. The van der Waals surface area contributed by atoms with Crippen molar-refractivity contribution in [3.8, 4) is 5.82 Å². The highest BCUT2D eigenvalue weighted by atomic mass is 32.2. The van der Waals surface area contributed by atoms with Gasteiger partial charge in [-0.1, -0.05) is 22.9 Å². The first kappa shape index (κ1) is 22.1. The number of nitrogens with two attached hydrogens (primary N) is 1. The third-order valence-corrected chi connectivity index (χ3v) is 5.42. The highest BCUT2D eigenvalue weighted by molar-refractivity contribution is 7.98. The van der Waals surface area contributed by atoms with Crippen molar-refractivity contribution in [1.82, 2.24) is 30.7 Å². The smallest absolute Gasteiger partial charge is 0.293 e. The summed E-state index contributed by atoms with van der Waals surface area (Å²) in [6.07, 6.45) is 0.987. The van der Waals surface area contributed by atoms with Crippen molar-refractivity contribution in [2.24, 2.45) is 5.10 Å². The molecule has 0 bridgehead atoms. The molecule has 13 heteroatoms. The number of hydrogen-bond acceptors (Lipinski definition) is 9. The number of hydrogen-bond donors (Lipinski definition) is 2. The van der Waals surface area contributed by atoms with Gasteiger partial charge in [-0.25, -0.2) is 18.8 Å². The molecule has 0 unspecified atom stereocenters. The molecular weight excluding hydrogens is 454 g/mol. The van der Waals surface area contributed by atoms with Gasteiger partial charge in [-0.3, -0.25) is 4.79 Å². The van der Waals surface area contributed by atoms with Gasteiger partial charge < -0.3 is 5.73 Å². The lowest BCUT2D eigenvalue weighted by Crippen LogP contribution is -2.20. The molecule has 1 amide bonds. The maximum atomic E-state index is 13.7. The number of nitrogens with one attached hydrogen (secondary N) is 1. The first-order chi connectivity index (χ1) is 15.9. The molecule has 0 aliphatic carbocycles.